The highest BCUT2D eigenvalue weighted by atomic mass is 35.5. The topological polar surface area (TPSA) is 41.1 Å². The second-order valence-corrected chi connectivity index (χ2v) is 4.14. The number of hydrogen-bond donors (Lipinski definition) is 2. The second-order valence-electron chi connectivity index (χ2n) is 3.73. The maximum absolute atomic E-state index is 13.6. The molecular weight excluding hydrogens is 255 g/mol. The van der Waals surface area contributed by atoms with Gasteiger partial charge >= 0.3 is 0 Å². The molecule has 92 valence electrons. The molecule has 1 aliphatic heterocycles. The highest BCUT2D eigenvalue weighted by Crippen LogP contribution is 2.22. The first kappa shape index (κ1) is 12.4. The summed E-state index contributed by atoms with van der Waals surface area (Å²) >= 11 is 5.88. The van der Waals surface area contributed by atoms with Crippen LogP contribution in [0.3, 0.4) is 0 Å². The first-order valence-electron chi connectivity index (χ1n) is 5.11. The van der Waals surface area contributed by atoms with Gasteiger partial charge in [0.15, 0.2) is 0 Å². The van der Waals surface area contributed by atoms with Crippen LogP contribution in [0.2, 0.25) is 5.02 Å². The van der Waals surface area contributed by atoms with Crippen molar-refractivity contribution in [3.8, 4) is 0 Å². The third-order valence-electron chi connectivity index (χ3n) is 2.45. The largest absolute Gasteiger partial charge is 0.350 e. The van der Waals surface area contributed by atoms with E-state index >= 15 is 0 Å². The van der Waals surface area contributed by atoms with Gasteiger partial charge in [0, 0.05) is 5.56 Å². The normalized spacial score (nSPS) is 17.7. The van der Waals surface area contributed by atoms with Gasteiger partial charge in [-0.15, -0.1) is 0 Å². The fraction of sp³-hybridized carbons (Fsp3) is 0. The van der Waals surface area contributed by atoms with Gasteiger partial charge in [0.1, 0.15) is 11.5 Å². The summed E-state index contributed by atoms with van der Waals surface area (Å²) in [5.41, 5.74) is 1.15. The lowest BCUT2D eigenvalue weighted by molar-refractivity contribution is -0.117. The van der Waals surface area contributed by atoms with E-state index in [4.69, 9.17) is 11.6 Å². The number of carbonyl (C=O) groups is 1. The zero-order chi connectivity index (χ0) is 13.3. The number of carbonyl (C=O) groups excluding carboxylic acids is 1. The molecule has 0 atom stereocenters. The van der Waals surface area contributed by atoms with Gasteiger partial charge in [-0.1, -0.05) is 30.8 Å². The van der Waals surface area contributed by atoms with Crippen LogP contribution in [-0.2, 0) is 4.79 Å². The number of benzene rings is 1. The van der Waals surface area contributed by atoms with E-state index in [-0.39, 0.29) is 16.3 Å². The van der Waals surface area contributed by atoms with Crippen LogP contribution < -0.4 is 10.6 Å². The summed E-state index contributed by atoms with van der Waals surface area (Å²) in [4.78, 5) is 11.7. The molecule has 1 aromatic rings. The first-order valence-corrected chi connectivity index (χ1v) is 5.49. The molecule has 1 heterocycles. The molecule has 0 aromatic heterocycles. The Morgan fingerprint density at radius 3 is 2.56 bits per heavy atom. The minimum atomic E-state index is -0.500. The van der Waals surface area contributed by atoms with Crippen LogP contribution in [0.25, 0.3) is 6.08 Å². The molecule has 1 aromatic carbocycles. The molecule has 0 unspecified atom stereocenters. The highest BCUT2D eigenvalue weighted by Gasteiger charge is 2.20. The van der Waals surface area contributed by atoms with Gasteiger partial charge in [0.2, 0.25) is 0 Å². The molecule has 1 fully saturated rings. The van der Waals surface area contributed by atoms with Crippen molar-refractivity contribution in [3.05, 3.63) is 64.9 Å². The van der Waals surface area contributed by atoms with Gasteiger partial charge in [-0.3, -0.25) is 4.79 Å². The monoisotopic (exact) mass is 264 g/mol. The molecule has 1 amide bonds. The fourth-order valence-corrected chi connectivity index (χ4v) is 1.69. The molecule has 0 saturated carbocycles. The summed E-state index contributed by atoms with van der Waals surface area (Å²) in [5.74, 6) is -0.911. The summed E-state index contributed by atoms with van der Waals surface area (Å²) in [5, 5.41) is 5.49. The van der Waals surface area contributed by atoms with Crippen molar-refractivity contribution in [2.24, 2.45) is 0 Å². The summed E-state index contributed by atoms with van der Waals surface area (Å²) in [6.07, 6.45) is 1.34. The SMILES string of the molecule is C=C1NC(=O)/C(=C/c2c(F)cccc2Cl)NC1=C. The van der Waals surface area contributed by atoms with Gasteiger partial charge in [0.25, 0.3) is 5.91 Å². The van der Waals surface area contributed by atoms with Crippen LogP contribution in [-0.4, -0.2) is 5.91 Å². The Balaban J connectivity index is 2.42. The van der Waals surface area contributed by atoms with E-state index in [0.717, 1.165) is 0 Å². The molecule has 0 bridgehead atoms. The molecule has 1 saturated heterocycles. The Morgan fingerprint density at radius 2 is 1.89 bits per heavy atom. The van der Waals surface area contributed by atoms with Crippen LogP contribution in [0.15, 0.2) is 48.4 Å². The molecule has 0 radical (unpaired) electrons. The average molecular weight is 265 g/mol. The number of halogens is 2. The summed E-state index contributed by atoms with van der Waals surface area (Å²) in [7, 11) is 0. The molecule has 5 heteroatoms. The molecule has 3 nitrogen and oxygen atoms in total. The Labute approximate surface area is 109 Å². The number of piperazine rings is 1. The van der Waals surface area contributed by atoms with Crippen molar-refractivity contribution in [1.82, 2.24) is 10.6 Å². The van der Waals surface area contributed by atoms with Crippen LogP contribution in [0.5, 0.6) is 0 Å². The minimum Gasteiger partial charge on any atom is -0.350 e. The van der Waals surface area contributed by atoms with E-state index in [1.165, 1.54) is 18.2 Å². The van der Waals surface area contributed by atoms with E-state index < -0.39 is 11.7 Å². The maximum Gasteiger partial charge on any atom is 0.272 e. The third-order valence-corrected chi connectivity index (χ3v) is 2.78. The van der Waals surface area contributed by atoms with Crippen LogP contribution in [0.4, 0.5) is 4.39 Å². The van der Waals surface area contributed by atoms with Crippen molar-refractivity contribution in [2.45, 2.75) is 0 Å². The van der Waals surface area contributed by atoms with Gasteiger partial charge < -0.3 is 10.6 Å². The molecule has 0 spiro atoms. The van der Waals surface area contributed by atoms with E-state index in [1.807, 2.05) is 0 Å². The van der Waals surface area contributed by atoms with Crippen molar-refractivity contribution >= 4 is 23.6 Å². The summed E-state index contributed by atoms with van der Waals surface area (Å²) < 4.78 is 13.6. The standard InChI is InChI=1S/C13H10ClFN2O/c1-7-8(2)17-13(18)12(16-7)6-9-10(14)4-3-5-11(9)15/h3-6,16H,1-2H2,(H,17,18)/b12-6-. The van der Waals surface area contributed by atoms with E-state index in [2.05, 4.69) is 23.8 Å². The number of rotatable bonds is 1. The Hall–Kier alpha value is -2.07. The average Bonchev–Trinajstić information content (AvgIpc) is 2.30. The molecular formula is C13H10ClFN2O. The van der Waals surface area contributed by atoms with Crippen LogP contribution >= 0.6 is 11.6 Å². The molecule has 2 N–H and O–H groups in total. The van der Waals surface area contributed by atoms with Crippen molar-refractivity contribution in [1.29, 1.82) is 0 Å². The van der Waals surface area contributed by atoms with E-state index in [1.54, 1.807) is 6.07 Å². The Morgan fingerprint density at radius 1 is 1.22 bits per heavy atom. The zero-order valence-electron chi connectivity index (χ0n) is 9.39. The highest BCUT2D eigenvalue weighted by molar-refractivity contribution is 6.32. The van der Waals surface area contributed by atoms with Gasteiger partial charge in [-0.2, -0.15) is 0 Å². The van der Waals surface area contributed by atoms with E-state index in [9.17, 15) is 9.18 Å². The molecule has 2 rings (SSSR count). The number of nitrogens with one attached hydrogen (secondary N) is 2. The van der Waals surface area contributed by atoms with Gasteiger partial charge in [-0.25, -0.2) is 4.39 Å². The minimum absolute atomic E-state index is 0.150. The van der Waals surface area contributed by atoms with Crippen molar-refractivity contribution in [2.75, 3.05) is 0 Å². The smallest absolute Gasteiger partial charge is 0.272 e. The lowest BCUT2D eigenvalue weighted by Crippen LogP contribution is -2.38. The van der Waals surface area contributed by atoms with Crippen molar-refractivity contribution < 1.29 is 9.18 Å². The zero-order valence-corrected chi connectivity index (χ0v) is 10.1. The third kappa shape index (κ3) is 2.28. The Bertz CT molecular complexity index is 572. The lowest BCUT2D eigenvalue weighted by atomic mass is 10.1. The summed E-state index contributed by atoms with van der Waals surface area (Å²) in [6.45, 7) is 7.27. The molecule has 0 aliphatic carbocycles. The predicted octanol–water partition coefficient (Wildman–Crippen LogP) is 2.57. The molecule has 1 aliphatic rings. The Kier molecular flexibility index (Phi) is 3.21. The number of hydrogen-bond acceptors (Lipinski definition) is 2. The summed E-state index contributed by atoms with van der Waals surface area (Å²) in [6, 6.07) is 4.31. The quantitative estimate of drug-likeness (QED) is 0.766. The van der Waals surface area contributed by atoms with Crippen molar-refractivity contribution in [3.63, 3.8) is 0 Å². The predicted molar refractivity (Wildman–Crippen MR) is 68.9 cm³/mol. The molecule has 18 heavy (non-hydrogen) atoms. The number of amides is 1. The van der Waals surface area contributed by atoms with E-state index in [0.29, 0.717) is 11.4 Å². The maximum atomic E-state index is 13.6. The van der Waals surface area contributed by atoms with Gasteiger partial charge in [-0.05, 0) is 18.2 Å². The lowest BCUT2D eigenvalue weighted by Gasteiger charge is -2.21. The first-order chi connectivity index (χ1) is 8.49. The fourth-order valence-electron chi connectivity index (χ4n) is 1.47. The van der Waals surface area contributed by atoms with Crippen LogP contribution in [0.1, 0.15) is 5.56 Å². The van der Waals surface area contributed by atoms with Crippen LogP contribution in [0, 0.1) is 5.82 Å². The second kappa shape index (κ2) is 4.66. The van der Waals surface area contributed by atoms with Gasteiger partial charge in [0.05, 0.1) is 16.4 Å².